The van der Waals surface area contributed by atoms with Crippen molar-refractivity contribution in [3.8, 4) is 28.7 Å². The van der Waals surface area contributed by atoms with Gasteiger partial charge in [-0.1, -0.05) is 6.07 Å². The normalized spacial score (nSPS) is 17.9. The topological polar surface area (TPSA) is 63.2 Å². The van der Waals surface area contributed by atoms with Gasteiger partial charge in [-0.25, -0.2) is 0 Å². The Morgan fingerprint density at radius 1 is 1.04 bits per heavy atom. The molecule has 0 fully saturated rings. The lowest BCUT2D eigenvalue weighted by molar-refractivity contribution is -0.135. The van der Waals surface area contributed by atoms with E-state index in [9.17, 15) is 4.79 Å². The number of rotatable bonds is 3. The molecule has 1 atom stereocenters. The molecule has 0 N–H and O–H groups in total. The molecule has 1 unspecified atom stereocenters. The summed E-state index contributed by atoms with van der Waals surface area (Å²) < 4.78 is 26.9. The Morgan fingerprint density at radius 3 is 2.71 bits per heavy atom. The second kappa shape index (κ2) is 5.63. The summed E-state index contributed by atoms with van der Waals surface area (Å²) in [7, 11) is 3.15. The first-order chi connectivity index (χ1) is 11.7. The zero-order valence-corrected chi connectivity index (χ0v) is 13.3. The molecule has 0 radical (unpaired) electrons. The molecule has 6 heteroatoms. The van der Waals surface area contributed by atoms with Gasteiger partial charge in [0.1, 0.15) is 11.5 Å². The Morgan fingerprint density at radius 2 is 1.92 bits per heavy atom. The average Bonchev–Trinajstić information content (AvgIpc) is 3.08. The van der Waals surface area contributed by atoms with E-state index < -0.39 is 0 Å². The van der Waals surface area contributed by atoms with Crippen LogP contribution in [0.3, 0.4) is 0 Å². The van der Waals surface area contributed by atoms with Crippen LogP contribution in [0.1, 0.15) is 23.5 Å². The Hall–Kier alpha value is -2.89. The highest BCUT2D eigenvalue weighted by atomic mass is 16.7. The van der Waals surface area contributed by atoms with Crippen LogP contribution >= 0.6 is 0 Å². The van der Waals surface area contributed by atoms with Crippen molar-refractivity contribution in [2.75, 3.05) is 21.0 Å². The standard InChI is InChI=1S/C18H16O6/c1-20-11-3-4-12-13(8-17(19)24-14(12)7-11)10-5-15(21-2)18-16(6-10)22-9-23-18/h3-7,13H,8-9H2,1-2H3. The fourth-order valence-corrected chi connectivity index (χ4v) is 3.11. The summed E-state index contributed by atoms with van der Waals surface area (Å²) in [5.74, 6) is 2.55. The van der Waals surface area contributed by atoms with E-state index in [0.29, 0.717) is 28.7 Å². The van der Waals surface area contributed by atoms with Gasteiger partial charge in [-0.05, 0) is 23.8 Å². The Balaban J connectivity index is 1.82. The third-order valence-electron chi connectivity index (χ3n) is 4.27. The second-order valence-corrected chi connectivity index (χ2v) is 5.59. The van der Waals surface area contributed by atoms with Gasteiger partial charge in [0, 0.05) is 17.5 Å². The Kier molecular flexibility index (Phi) is 3.45. The highest BCUT2D eigenvalue weighted by Crippen LogP contribution is 2.47. The van der Waals surface area contributed by atoms with Crippen molar-refractivity contribution in [3.05, 3.63) is 41.5 Å². The lowest BCUT2D eigenvalue weighted by Crippen LogP contribution is -2.21. The third kappa shape index (κ3) is 2.31. The van der Waals surface area contributed by atoms with Gasteiger partial charge in [0.05, 0.1) is 20.6 Å². The van der Waals surface area contributed by atoms with Crippen LogP contribution in [0.5, 0.6) is 28.7 Å². The molecule has 0 saturated heterocycles. The fraction of sp³-hybridized carbons (Fsp3) is 0.278. The third-order valence-corrected chi connectivity index (χ3v) is 4.27. The van der Waals surface area contributed by atoms with Gasteiger partial charge >= 0.3 is 5.97 Å². The molecule has 0 aromatic heterocycles. The number of fused-ring (bicyclic) bond motifs is 2. The second-order valence-electron chi connectivity index (χ2n) is 5.59. The first kappa shape index (κ1) is 14.7. The van der Waals surface area contributed by atoms with Crippen molar-refractivity contribution >= 4 is 5.97 Å². The maximum atomic E-state index is 12.0. The highest BCUT2D eigenvalue weighted by molar-refractivity contribution is 5.78. The molecule has 124 valence electrons. The smallest absolute Gasteiger partial charge is 0.312 e. The molecule has 2 aromatic rings. The fourth-order valence-electron chi connectivity index (χ4n) is 3.11. The van der Waals surface area contributed by atoms with Crippen LogP contribution in [-0.2, 0) is 4.79 Å². The predicted molar refractivity (Wildman–Crippen MR) is 84.2 cm³/mol. The summed E-state index contributed by atoms with van der Waals surface area (Å²) in [6, 6.07) is 9.27. The van der Waals surface area contributed by atoms with Crippen LogP contribution in [-0.4, -0.2) is 27.0 Å². The minimum Gasteiger partial charge on any atom is -0.497 e. The van der Waals surface area contributed by atoms with Gasteiger partial charge < -0.3 is 23.7 Å². The first-order valence-electron chi connectivity index (χ1n) is 7.55. The van der Waals surface area contributed by atoms with Gasteiger partial charge in [-0.2, -0.15) is 0 Å². The summed E-state index contributed by atoms with van der Waals surface area (Å²) in [4.78, 5) is 12.0. The van der Waals surface area contributed by atoms with Crippen molar-refractivity contribution in [2.24, 2.45) is 0 Å². The average molecular weight is 328 g/mol. The van der Waals surface area contributed by atoms with Gasteiger partial charge in [0.15, 0.2) is 11.5 Å². The van der Waals surface area contributed by atoms with Gasteiger partial charge in [-0.3, -0.25) is 4.79 Å². The quantitative estimate of drug-likeness (QED) is 0.638. The Bertz CT molecular complexity index is 813. The maximum Gasteiger partial charge on any atom is 0.312 e. The predicted octanol–water partition coefficient (Wildman–Crippen LogP) is 2.87. The number of benzene rings is 2. The molecule has 0 aliphatic carbocycles. The molecule has 0 bridgehead atoms. The number of carbonyl (C=O) groups is 1. The summed E-state index contributed by atoms with van der Waals surface area (Å²) >= 11 is 0. The van der Waals surface area contributed by atoms with E-state index in [1.807, 2.05) is 24.3 Å². The number of hydrogen-bond acceptors (Lipinski definition) is 6. The SMILES string of the molecule is COc1ccc2c(c1)OC(=O)CC2c1cc(OC)c2c(c1)OCO2. The number of esters is 1. The summed E-state index contributed by atoms with van der Waals surface area (Å²) in [5.41, 5.74) is 1.84. The van der Waals surface area contributed by atoms with Gasteiger partial charge in [-0.15, -0.1) is 0 Å². The van der Waals surface area contributed by atoms with E-state index >= 15 is 0 Å². The van der Waals surface area contributed by atoms with Crippen molar-refractivity contribution in [2.45, 2.75) is 12.3 Å². The molecular weight excluding hydrogens is 312 g/mol. The van der Waals surface area contributed by atoms with Crippen LogP contribution < -0.4 is 23.7 Å². The van der Waals surface area contributed by atoms with Crippen molar-refractivity contribution in [1.29, 1.82) is 0 Å². The Labute approximate surface area is 138 Å². The monoisotopic (exact) mass is 328 g/mol. The van der Waals surface area contributed by atoms with E-state index in [1.54, 1.807) is 20.3 Å². The minimum absolute atomic E-state index is 0.143. The minimum atomic E-state index is -0.280. The summed E-state index contributed by atoms with van der Waals surface area (Å²) in [6.45, 7) is 0.162. The van der Waals surface area contributed by atoms with E-state index in [1.165, 1.54) is 0 Å². The van der Waals surface area contributed by atoms with Crippen molar-refractivity contribution in [1.82, 2.24) is 0 Å². The highest BCUT2D eigenvalue weighted by Gasteiger charge is 2.31. The molecule has 2 aliphatic rings. The van der Waals surface area contributed by atoms with E-state index in [-0.39, 0.29) is 25.1 Å². The van der Waals surface area contributed by atoms with Gasteiger partial charge in [0.25, 0.3) is 0 Å². The van der Waals surface area contributed by atoms with E-state index in [4.69, 9.17) is 23.7 Å². The van der Waals surface area contributed by atoms with Crippen molar-refractivity contribution < 1.29 is 28.5 Å². The zero-order chi connectivity index (χ0) is 16.7. The van der Waals surface area contributed by atoms with Crippen LogP contribution in [0.4, 0.5) is 0 Å². The molecule has 24 heavy (non-hydrogen) atoms. The summed E-state index contributed by atoms with van der Waals surface area (Å²) in [5, 5.41) is 0. The molecule has 2 heterocycles. The van der Waals surface area contributed by atoms with Crippen LogP contribution in [0, 0.1) is 0 Å². The first-order valence-corrected chi connectivity index (χ1v) is 7.55. The van der Waals surface area contributed by atoms with Gasteiger partial charge in [0.2, 0.25) is 12.5 Å². The number of methoxy groups -OCH3 is 2. The zero-order valence-electron chi connectivity index (χ0n) is 13.3. The van der Waals surface area contributed by atoms with Crippen LogP contribution in [0.15, 0.2) is 30.3 Å². The lowest BCUT2D eigenvalue weighted by Gasteiger charge is -2.25. The summed E-state index contributed by atoms with van der Waals surface area (Å²) in [6.07, 6.45) is 0.252. The number of ether oxygens (including phenoxy) is 5. The molecule has 2 aliphatic heterocycles. The van der Waals surface area contributed by atoms with E-state index in [2.05, 4.69) is 0 Å². The maximum absolute atomic E-state index is 12.0. The molecule has 4 rings (SSSR count). The van der Waals surface area contributed by atoms with Crippen molar-refractivity contribution in [3.63, 3.8) is 0 Å². The molecule has 0 saturated carbocycles. The molecular formula is C18H16O6. The molecule has 0 amide bonds. The molecule has 6 nitrogen and oxygen atoms in total. The lowest BCUT2D eigenvalue weighted by atomic mass is 9.86. The number of carbonyl (C=O) groups excluding carboxylic acids is 1. The van der Waals surface area contributed by atoms with Crippen LogP contribution in [0.2, 0.25) is 0 Å². The van der Waals surface area contributed by atoms with Crippen LogP contribution in [0.25, 0.3) is 0 Å². The largest absolute Gasteiger partial charge is 0.497 e. The number of hydrogen-bond donors (Lipinski definition) is 0. The molecule has 2 aromatic carbocycles. The molecule has 0 spiro atoms. The van der Waals surface area contributed by atoms with E-state index in [0.717, 1.165) is 11.1 Å².